The number of hydrogen-bond acceptors (Lipinski definition) is 2. The van der Waals surface area contributed by atoms with Gasteiger partial charge in [0.2, 0.25) is 0 Å². The van der Waals surface area contributed by atoms with Crippen LogP contribution >= 0.6 is 0 Å². The van der Waals surface area contributed by atoms with Crippen LogP contribution in [-0.4, -0.2) is 9.97 Å². The number of fused-ring (bicyclic) bond motifs is 3. The van der Waals surface area contributed by atoms with Gasteiger partial charge in [-0.25, -0.2) is 4.98 Å². The monoisotopic (exact) mass is 1420 g/mol. The van der Waals surface area contributed by atoms with Crippen molar-refractivity contribution in [1.29, 1.82) is 0 Å². The number of aryl methyl sites for hydroxylation is 2. The summed E-state index contributed by atoms with van der Waals surface area (Å²) < 4.78 is 0. The Morgan fingerprint density at radius 2 is 0.890 bits per heavy atom. The SMILES string of the molecule is CC(C)c1cccc(C(C)C)c1[N-]Cc1cccc(-c2cccc3c2C([N-]c2ccccc2)CC3)n1.CC(C)c1cccc(C(C)C)c1[N-]c1cccc2ccc(-c3cccc4c3C([N-]c3ccccc3)CCC4)nc12.[CH3-].[CH3-].[CH3-].[CH3-].[Hf+4].[Hf+4]. The quantitative estimate of drug-likeness (QED) is 0.0757. The molecule has 0 radical (unpaired) electrons. The molecule has 0 saturated carbocycles. The van der Waals surface area contributed by atoms with Crippen LogP contribution in [0.4, 0.5) is 28.4 Å². The van der Waals surface area contributed by atoms with Gasteiger partial charge in [0, 0.05) is 16.8 Å². The third-order valence-electron chi connectivity index (χ3n) is 15.2. The fourth-order valence-electron chi connectivity index (χ4n) is 11.3. The molecule has 11 rings (SSSR count). The van der Waals surface area contributed by atoms with Gasteiger partial charge in [-0.2, -0.15) is 0 Å². The second-order valence-corrected chi connectivity index (χ2v) is 21.8. The Hall–Kier alpha value is -5.96. The van der Waals surface area contributed by atoms with Crippen LogP contribution < -0.4 is 0 Å². The van der Waals surface area contributed by atoms with E-state index in [9.17, 15) is 0 Å². The molecule has 2 atom stereocenters. The Labute approximate surface area is 532 Å². The summed E-state index contributed by atoms with van der Waals surface area (Å²) in [5, 5.41) is 21.8. The molecule has 0 spiro atoms. The molecule has 0 fully saturated rings. The molecule has 8 heteroatoms. The van der Waals surface area contributed by atoms with Crippen LogP contribution in [0.25, 0.3) is 54.7 Å². The van der Waals surface area contributed by atoms with E-state index in [0.29, 0.717) is 30.2 Å². The molecule has 0 amide bonds. The molecule has 0 saturated heterocycles. The van der Waals surface area contributed by atoms with E-state index in [4.69, 9.17) is 31.2 Å². The normalized spacial score (nSPS) is 13.8. The van der Waals surface area contributed by atoms with Gasteiger partial charge in [-0.3, -0.25) is 4.98 Å². The predicted molar refractivity (Wildman–Crippen MR) is 347 cm³/mol. The Balaban J connectivity index is 0.000000330. The van der Waals surface area contributed by atoms with Gasteiger partial charge in [0.1, 0.15) is 0 Å². The first-order valence-electron chi connectivity index (χ1n) is 27.8. The van der Waals surface area contributed by atoms with Gasteiger partial charge < -0.3 is 51.0 Å². The fourth-order valence-corrected chi connectivity index (χ4v) is 11.3. The van der Waals surface area contributed by atoms with Crippen molar-refractivity contribution in [3.8, 4) is 22.5 Å². The minimum atomic E-state index is 0. The third kappa shape index (κ3) is 15.6. The van der Waals surface area contributed by atoms with Crippen LogP contribution in [-0.2, 0) is 71.1 Å². The maximum Gasteiger partial charge on any atom is 4.00 e. The molecular formula is C74H84Hf2N6. The molecule has 0 N–H and O–H groups in total. The summed E-state index contributed by atoms with van der Waals surface area (Å²) in [5.41, 5.74) is 22.1. The van der Waals surface area contributed by atoms with Gasteiger partial charge in [0.05, 0.1) is 16.9 Å². The van der Waals surface area contributed by atoms with E-state index in [1.165, 1.54) is 55.6 Å². The molecule has 82 heavy (non-hydrogen) atoms. The largest absolute Gasteiger partial charge is 4.00 e. The zero-order chi connectivity index (χ0) is 52.7. The van der Waals surface area contributed by atoms with Crippen LogP contribution in [0.3, 0.4) is 0 Å². The van der Waals surface area contributed by atoms with E-state index < -0.39 is 0 Å². The van der Waals surface area contributed by atoms with E-state index in [2.05, 4.69) is 225 Å². The van der Waals surface area contributed by atoms with Crippen LogP contribution in [0.15, 0.2) is 182 Å². The minimum Gasteiger partial charge on any atom is -0.679 e. The standard InChI is InChI=1S/C37H37N3.C33H35N3.4CH3.2Hf/c1-24(2)29-17-11-18-30(25(3)4)37(29)40-34-21-10-14-27-22-23-32(39-36(27)34)31-19-8-12-26-13-9-20-33(35(26)31)38-28-15-6-5-7-16-28;1-22(2)27-15-10-16-28(23(3)4)33(27)34-21-26-14-9-18-30(36-26)29-17-8-11-24-19-20-31(32(24)29)35-25-12-6-5-7-13-25;;;;;;/h5-8,10-12,14-19,21-25,33H,9,13,20H2,1-4H3;5-18,22-23,31H,19-21H2,1-4H3;4*1H3;;/q2*-2;4*-1;2*+4. The molecule has 2 aliphatic rings. The topological polar surface area (TPSA) is 82.2 Å². The van der Waals surface area contributed by atoms with Crippen LogP contribution in [0.1, 0.15) is 161 Å². The number of para-hydroxylation sites is 5. The minimum absolute atomic E-state index is 0. The summed E-state index contributed by atoms with van der Waals surface area (Å²) in [4.78, 5) is 10.4. The van der Waals surface area contributed by atoms with Crippen molar-refractivity contribution in [1.82, 2.24) is 9.97 Å². The van der Waals surface area contributed by atoms with Crippen molar-refractivity contribution in [2.45, 2.75) is 130 Å². The number of hydrogen-bond donors (Lipinski definition) is 0. The first kappa shape index (κ1) is 68.5. The van der Waals surface area contributed by atoms with Crippen molar-refractivity contribution in [3.05, 3.63) is 283 Å². The first-order chi connectivity index (χ1) is 37.0. The number of nitrogens with zero attached hydrogens (tertiary/aromatic N) is 6. The predicted octanol–water partition coefficient (Wildman–Crippen LogP) is 23.3. The third-order valence-corrected chi connectivity index (χ3v) is 15.2. The van der Waals surface area contributed by atoms with E-state index in [1.54, 1.807) is 0 Å². The van der Waals surface area contributed by atoms with Crippen LogP contribution in [0.5, 0.6) is 0 Å². The molecule has 7 aromatic carbocycles. The zero-order valence-corrected chi connectivity index (χ0v) is 57.9. The Bertz CT molecular complexity index is 3370. The second-order valence-electron chi connectivity index (χ2n) is 21.8. The van der Waals surface area contributed by atoms with Gasteiger partial charge >= 0.3 is 51.7 Å². The van der Waals surface area contributed by atoms with Gasteiger partial charge in [-0.15, -0.1) is 28.4 Å². The Morgan fingerprint density at radius 3 is 1.43 bits per heavy atom. The van der Waals surface area contributed by atoms with Crippen molar-refractivity contribution in [2.75, 3.05) is 0 Å². The molecule has 2 aromatic heterocycles. The first-order valence-corrected chi connectivity index (χ1v) is 27.8. The average Bonchev–Trinajstić information content (AvgIpc) is 3.99. The Kier molecular flexibility index (Phi) is 26.4. The van der Waals surface area contributed by atoms with E-state index >= 15 is 0 Å². The smallest absolute Gasteiger partial charge is 0.679 e. The molecule has 0 bridgehead atoms. The maximum absolute atomic E-state index is 5.32. The molecule has 0 aliphatic heterocycles. The molecule has 6 nitrogen and oxygen atoms in total. The van der Waals surface area contributed by atoms with Crippen molar-refractivity contribution in [2.24, 2.45) is 0 Å². The van der Waals surface area contributed by atoms with Crippen molar-refractivity contribution < 1.29 is 51.7 Å². The Morgan fingerprint density at radius 1 is 0.427 bits per heavy atom. The van der Waals surface area contributed by atoms with Crippen LogP contribution in [0, 0.1) is 29.7 Å². The average molecular weight is 1410 g/mol. The molecule has 418 valence electrons. The summed E-state index contributed by atoms with van der Waals surface area (Å²) >= 11 is 0. The van der Waals surface area contributed by atoms with Crippen molar-refractivity contribution in [3.63, 3.8) is 0 Å². The van der Waals surface area contributed by atoms with Gasteiger partial charge in [-0.05, 0) is 82.4 Å². The number of benzene rings is 7. The van der Waals surface area contributed by atoms with E-state index in [-0.39, 0.29) is 93.5 Å². The van der Waals surface area contributed by atoms with Crippen molar-refractivity contribution >= 4 is 39.3 Å². The van der Waals surface area contributed by atoms with Gasteiger partial charge in [0.25, 0.3) is 0 Å². The number of pyridine rings is 2. The number of rotatable bonds is 15. The number of aromatic nitrogens is 2. The zero-order valence-electron chi connectivity index (χ0n) is 50.7. The molecule has 2 aliphatic carbocycles. The maximum atomic E-state index is 5.32. The van der Waals surface area contributed by atoms with Crippen LogP contribution in [0.2, 0.25) is 0 Å². The van der Waals surface area contributed by atoms with E-state index in [1.807, 2.05) is 12.1 Å². The van der Waals surface area contributed by atoms with Gasteiger partial charge in [-0.1, -0.05) is 279 Å². The molecule has 2 unspecified atom stereocenters. The van der Waals surface area contributed by atoms with E-state index in [0.717, 1.165) is 88.5 Å². The fraction of sp³-hybridized carbons (Fsp3) is 0.270. The summed E-state index contributed by atoms with van der Waals surface area (Å²) in [6.45, 7) is 18.5. The molecule has 2 heterocycles. The molecule has 9 aromatic rings. The van der Waals surface area contributed by atoms with Gasteiger partial charge in [0.15, 0.2) is 0 Å². The second kappa shape index (κ2) is 31.6. The summed E-state index contributed by atoms with van der Waals surface area (Å²) in [5.74, 6) is 1.63. The summed E-state index contributed by atoms with van der Waals surface area (Å²) in [7, 11) is 0. The molecular weight excluding hydrogens is 1330 g/mol. The summed E-state index contributed by atoms with van der Waals surface area (Å²) in [6.07, 6.45) is 5.39. The summed E-state index contributed by atoms with van der Waals surface area (Å²) in [6, 6.07) is 64.4.